The molecule has 2 atom stereocenters. The Bertz CT molecular complexity index is 218. The second-order valence-electron chi connectivity index (χ2n) is 4.66. The molecule has 2 unspecified atom stereocenters. The Kier molecular flexibility index (Phi) is 4.82. The van der Waals surface area contributed by atoms with E-state index in [0.29, 0.717) is 24.9 Å². The maximum absolute atomic E-state index is 11.8. The Morgan fingerprint density at radius 2 is 2.07 bits per heavy atom. The number of rotatable bonds is 4. The van der Waals surface area contributed by atoms with Gasteiger partial charge in [-0.2, -0.15) is 0 Å². The largest absolute Gasteiger partial charge is 0.341 e. The quantitative estimate of drug-likeness (QED) is 0.560. The van der Waals surface area contributed by atoms with Crippen LogP contribution in [0, 0.1) is 11.8 Å². The zero-order valence-electron chi connectivity index (χ0n) is 9.83. The average molecular weight is 210 g/mol. The summed E-state index contributed by atoms with van der Waals surface area (Å²) in [6.07, 6.45) is 3.01. The average Bonchev–Trinajstić information content (AvgIpc) is 2.16. The van der Waals surface area contributed by atoms with Crippen LogP contribution in [0.15, 0.2) is 12.7 Å². The van der Waals surface area contributed by atoms with Gasteiger partial charge >= 0.3 is 0 Å². The Labute approximate surface area is 92.5 Å². The van der Waals surface area contributed by atoms with Gasteiger partial charge in [-0.1, -0.05) is 19.9 Å². The van der Waals surface area contributed by atoms with Crippen molar-refractivity contribution >= 4 is 5.91 Å². The van der Waals surface area contributed by atoms with Gasteiger partial charge in [0.05, 0.1) is 6.54 Å². The van der Waals surface area contributed by atoms with Crippen molar-refractivity contribution in [3.63, 3.8) is 0 Å². The van der Waals surface area contributed by atoms with Gasteiger partial charge in [0, 0.05) is 19.6 Å². The molecule has 1 aliphatic rings. The van der Waals surface area contributed by atoms with Crippen LogP contribution in [0.1, 0.15) is 20.3 Å². The van der Waals surface area contributed by atoms with Crippen LogP contribution in [-0.4, -0.2) is 37.0 Å². The fourth-order valence-corrected chi connectivity index (χ4v) is 2.26. The molecular weight excluding hydrogens is 188 g/mol. The van der Waals surface area contributed by atoms with E-state index in [4.69, 9.17) is 0 Å². The lowest BCUT2D eigenvalue weighted by Crippen LogP contribution is -2.46. The number of carbonyl (C=O) groups is 1. The van der Waals surface area contributed by atoms with Crippen LogP contribution in [-0.2, 0) is 4.79 Å². The number of hydrogen-bond acceptors (Lipinski definition) is 2. The van der Waals surface area contributed by atoms with Gasteiger partial charge in [-0.25, -0.2) is 0 Å². The molecule has 0 aromatic heterocycles. The van der Waals surface area contributed by atoms with Gasteiger partial charge < -0.3 is 10.2 Å². The second-order valence-corrected chi connectivity index (χ2v) is 4.66. The molecule has 15 heavy (non-hydrogen) atoms. The molecule has 0 aromatic rings. The fraction of sp³-hybridized carbons (Fsp3) is 0.750. The number of nitrogens with zero attached hydrogens (tertiary/aromatic N) is 1. The summed E-state index contributed by atoms with van der Waals surface area (Å²) in [4.78, 5) is 13.8. The monoisotopic (exact) mass is 210 g/mol. The Hall–Kier alpha value is -0.830. The van der Waals surface area contributed by atoms with Crippen LogP contribution in [0.5, 0.6) is 0 Å². The molecule has 86 valence electrons. The van der Waals surface area contributed by atoms with Gasteiger partial charge in [0.25, 0.3) is 0 Å². The minimum atomic E-state index is 0.218. The highest BCUT2D eigenvalue weighted by Gasteiger charge is 2.24. The van der Waals surface area contributed by atoms with Gasteiger partial charge in [0.1, 0.15) is 0 Å². The molecule has 1 N–H and O–H groups in total. The van der Waals surface area contributed by atoms with Crippen LogP contribution >= 0.6 is 0 Å². The van der Waals surface area contributed by atoms with Crippen molar-refractivity contribution in [3.05, 3.63) is 12.7 Å². The maximum Gasteiger partial charge on any atom is 0.236 e. The second kappa shape index (κ2) is 5.91. The minimum Gasteiger partial charge on any atom is -0.341 e. The van der Waals surface area contributed by atoms with Crippen molar-refractivity contribution < 1.29 is 4.79 Å². The normalized spacial score (nSPS) is 26.4. The first-order valence-corrected chi connectivity index (χ1v) is 5.73. The van der Waals surface area contributed by atoms with E-state index in [1.165, 1.54) is 6.42 Å². The zero-order chi connectivity index (χ0) is 11.3. The Balaban J connectivity index is 2.34. The molecular formula is C12H22N2O. The molecule has 1 saturated heterocycles. The Morgan fingerprint density at radius 1 is 1.47 bits per heavy atom. The zero-order valence-corrected chi connectivity index (χ0v) is 9.83. The van der Waals surface area contributed by atoms with Gasteiger partial charge in [-0.3, -0.25) is 4.79 Å². The van der Waals surface area contributed by atoms with E-state index in [2.05, 4.69) is 25.7 Å². The first kappa shape index (κ1) is 12.2. The predicted molar refractivity (Wildman–Crippen MR) is 62.6 cm³/mol. The summed E-state index contributed by atoms with van der Waals surface area (Å²) in [5, 5.41) is 3.05. The van der Waals surface area contributed by atoms with Crippen LogP contribution in [0.4, 0.5) is 0 Å². The molecule has 0 radical (unpaired) electrons. The van der Waals surface area contributed by atoms with Crippen molar-refractivity contribution in [2.45, 2.75) is 20.3 Å². The Morgan fingerprint density at radius 3 is 2.60 bits per heavy atom. The van der Waals surface area contributed by atoms with E-state index in [0.717, 1.165) is 13.1 Å². The molecule has 1 fully saturated rings. The van der Waals surface area contributed by atoms with E-state index in [-0.39, 0.29) is 5.91 Å². The molecule has 0 bridgehead atoms. The van der Waals surface area contributed by atoms with Crippen LogP contribution < -0.4 is 5.32 Å². The van der Waals surface area contributed by atoms with E-state index in [1.54, 1.807) is 6.08 Å². The molecule has 3 nitrogen and oxygen atoms in total. The number of nitrogens with one attached hydrogen (secondary N) is 1. The molecule has 1 aliphatic heterocycles. The van der Waals surface area contributed by atoms with E-state index in [1.807, 2.05) is 4.90 Å². The lowest BCUT2D eigenvalue weighted by molar-refractivity contribution is -0.132. The summed E-state index contributed by atoms with van der Waals surface area (Å²) >= 11 is 0. The SMILES string of the molecule is C=CCNCC(=O)N1CC(C)CC(C)C1. The first-order chi connectivity index (χ1) is 7.13. The molecule has 0 aliphatic carbocycles. The van der Waals surface area contributed by atoms with Gasteiger partial charge in [0.15, 0.2) is 0 Å². The topological polar surface area (TPSA) is 32.3 Å². The lowest BCUT2D eigenvalue weighted by Gasteiger charge is -2.35. The van der Waals surface area contributed by atoms with E-state index in [9.17, 15) is 4.79 Å². The van der Waals surface area contributed by atoms with Crippen LogP contribution in [0.2, 0.25) is 0 Å². The number of hydrogen-bond donors (Lipinski definition) is 1. The molecule has 0 saturated carbocycles. The third-order valence-electron chi connectivity index (χ3n) is 2.79. The molecule has 1 amide bonds. The van der Waals surface area contributed by atoms with Crippen molar-refractivity contribution in [1.82, 2.24) is 10.2 Å². The van der Waals surface area contributed by atoms with Crippen molar-refractivity contribution in [2.24, 2.45) is 11.8 Å². The third kappa shape index (κ3) is 4.04. The van der Waals surface area contributed by atoms with Gasteiger partial charge in [-0.15, -0.1) is 6.58 Å². The van der Waals surface area contributed by atoms with Gasteiger partial charge in [-0.05, 0) is 18.3 Å². The smallest absolute Gasteiger partial charge is 0.236 e. The summed E-state index contributed by atoms with van der Waals surface area (Å²) in [5.74, 6) is 1.49. The van der Waals surface area contributed by atoms with E-state index >= 15 is 0 Å². The molecule has 0 spiro atoms. The highest BCUT2D eigenvalue weighted by molar-refractivity contribution is 5.78. The first-order valence-electron chi connectivity index (χ1n) is 5.73. The summed E-state index contributed by atoms with van der Waals surface area (Å²) in [5.41, 5.74) is 0. The molecule has 3 heteroatoms. The van der Waals surface area contributed by atoms with Crippen molar-refractivity contribution in [2.75, 3.05) is 26.2 Å². The number of piperidine rings is 1. The van der Waals surface area contributed by atoms with Crippen molar-refractivity contribution in [3.8, 4) is 0 Å². The van der Waals surface area contributed by atoms with Crippen LogP contribution in [0.3, 0.4) is 0 Å². The highest BCUT2D eigenvalue weighted by atomic mass is 16.2. The van der Waals surface area contributed by atoms with Gasteiger partial charge in [0.2, 0.25) is 5.91 Å². The summed E-state index contributed by atoms with van der Waals surface area (Å²) in [7, 11) is 0. The number of likely N-dealkylation sites (tertiary alicyclic amines) is 1. The summed E-state index contributed by atoms with van der Waals surface area (Å²) in [6.45, 7) is 11.0. The predicted octanol–water partition coefficient (Wildman–Crippen LogP) is 1.27. The fourth-order valence-electron chi connectivity index (χ4n) is 2.26. The number of amides is 1. The van der Waals surface area contributed by atoms with Crippen LogP contribution in [0.25, 0.3) is 0 Å². The number of carbonyl (C=O) groups excluding carboxylic acids is 1. The standard InChI is InChI=1S/C12H22N2O/c1-4-5-13-7-12(15)14-8-10(2)6-11(3)9-14/h4,10-11,13H,1,5-9H2,2-3H3. The van der Waals surface area contributed by atoms with Crippen molar-refractivity contribution in [1.29, 1.82) is 0 Å². The van der Waals surface area contributed by atoms with E-state index < -0.39 is 0 Å². The highest BCUT2D eigenvalue weighted by Crippen LogP contribution is 2.20. The molecule has 1 heterocycles. The lowest BCUT2D eigenvalue weighted by atomic mass is 9.92. The molecule has 0 aromatic carbocycles. The summed E-state index contributed by atoms with van der Waals surface area (Å²) in [6, 6.07) is 0. The maximum atomic E-state index is 11.8. The third-order valence-corrected chi connectivity index (χ3v) is 2.79. The minimum absolute atomic E-state index is 0.218. The summed E-state index contributed by atoms with van der Waals surface area (Å²) < 4.78 is 0. The molecule has 1 rings (SSSR count).